The summed E-state index contributed by atoms with van der Waals surface area (Å²) in [5.41, 5.74) is 0. The van der Waals surface area contributed by atoms with E-state index in [4.69, 9.17) is 23.2 Å². The molecule has 1 aromatic heterocycles. The van der Waals surface area contributed by atoms with Crippen molar-refractivity contribution in [3.63, 3.8) is 0 Å². The Morgan fingerprint density at radius 2 is 1.94 bits per heavy atom. The number of thiophene rings is 1. The standard InChI is InChI=1S/C9H12Cl2N2O2S2.ClH/c10-8-5-7(9(11)16-8)17(14,15)13-6-1-3-12-4-2-6;/h5-6,12-13H,1-4H2;1H. The van der Waals surface area contributed by atoms with Gasteiger partial charge in [-0.3, -0.25) is 0 Å². The van der Waals surface area contributed by atoms with Crippen LogP contribution in [0.3, 0.4) is 0 Å². The molecule has 0 aromatic carbocycles. The maximum Gasteiger partial charge on any atom is 0.243 e. The van der Waals surface area contributed by atoms with Gasteiger partial charge in [0.05, 0.1) is 4.34 Å². The van der Waals surface area contributed by atoms with Crippen LogP contribution in [0.15, 0.2) is 11.0 Å². The lowest BCUT2D eigenvalue weighted by Gasteiger charge is -2.23. The maximum atomic E-state index is 12.1. The monoisotopic (exact) mass is 350 g/mol. The Morgan fingerprint density at radius 3 is 2.44 bits per heavy atom. The van der Waals surface area contributed by atoms with Crippen molar-refractivity contribution in [1.29, 1.82) is 0 Å². The van der Waals surface area contributed by atoms with E-state index in [1.807, 2.05) is 0 Å². The van der Waals surface area contributed by atoms with E-state index in [0.717, 1.165) is 37.3 Å². The summed E-state index contributed by atoms with van der Waals surface area (Å²) >= 11 is 12.7. The van der Waals surface area contributed by atoms with Gasteiger partial charge in [0.15, 0.2) is 0 Å². The number of piperidine rings is 1. The summed E-state index contributed by atoms with van der Waals surface area (Å²) < 4.78 is 27.4. The number of hydrogen-bond acceptors (Lipinski definition) is 4. The van der Waals surface area contributed by atoms with Crippen LogP contribution >= 0.6 is 46.9 Å². The van der Waals surface area contributed by atoms with Crippen molar-refractivity contribution in [2.45, 2.75) is 23.8 Å². The van der Waals surface area contributed by atoms with Gasteiger partial charge in [-0.15, -0.1) is 23.7 Å². The van der Waals surface area contributed by atoms with Gasteiger partial charge >= 0.3 is 0 Å². The molecule has 9 heteroatoms. The molecule has 0 unspecified atom stereocenters. The van der Waals surface area contributed by atoms with Gasteiger partial charge in [-0.1, -0.05) is 23.2 Å². The molecule has 1 aliphatic rings. The van der Waals surface area contributed by atoms with E-state index in [-0.39, 0.29) is 27.7 Å². The molecule has 0 radical (unpaired) electrons. The smallest absolute Gasteiger partial charge is 0.243 e. The molecule has 2 rings (SSSR count). The molecule has 0 bridgehead atoms. The number of nitrogens with one attached hydrogen (secondary N) is 2. The lowest BCUT2D eigenvalue weighted by atomic mass is 10.1. The van der Waals surface area contributed by atoms with Crippen molar-refractivity contribution >= 4 is 57.0 Å². The Balaban J connectivity index is 0.00000162. The van der Waals surface area contributed by atoms with Crippen molar-refractivity contribution in [2.75, 3.05) is 13.1 Å². The molecular weight excluding hydrogens is 339 g/mol. The van der Waals surface area contributed by atoms with Crippen LogP contribution in [0, 0.1) is 0 Å². The molecule has 4 nitrogen and oxygen atoms in total. The van der Waals surface area contributed by atoms with Crippen molar-refractivity contribution in [2.24, 2.45) is 0 Å². The first-order valence-corrected chi connectivity index (χ1v) is 8.22. The topological polar surface area (TPSA) is 58.2 Å². The quantitative estimate of drug-likeness (QED) is 0.879. The molecule has 2 heterocycles. The van der Waals surface area contributed by atoms with Crippen LogP contribution < -0.4 is 10.0 Å². The van der Waals surface area contributed by atoms with Crippen molar-refractivity contribution < 1.29 is 8.42 Å². The van der Waals surface area contributed by atoms with Crippen molar-refractivity contribution in [1.82, 2.24) is 10.0 Å². The third kappa shape index (κ3) is 3.96. The summed E-state index contributed by atoms with van der Waals surface area (Å²) in [5, 5.41) is 3.18. The fourth-order valence-electron chi connectivity index (χ4n) is 1.73. The first kappa shape index (κ1) is 16.5. The van der Waals surface area contributed by atoms with E-state index >= 15 is 0 Å². The summed E-state index contributed by atoms with van der Waals surface area (Å²) in [6.45, 7) is 1.65. The molecule has 0 amide bonds. The zero-order valence-corrected chi connectivity index (χ0v) is 13.2. The highest BCUT2D eigenvalue weighted by atomic mass is 35.5. The molecule has 1 fully saturated rings. The molecular formula is C9H13Cl3N2O2S2. The van der Waals surface area contributed by atoms with E-state index in [0.29, 0.717) is 4.34 Å². The SMILES string of the molecule is Cl.O=S(=O)(NC1CCNCC1)c1cc(Cl)sc1Cl. The molecule has 1 saturated heterocycles. The van der Waals surface area contributed by atoms with Gasteiger partial charge in [0.1, 0.15) is 9.23 Å². The second-order valence-electron chi connectivity index (χ2n) is 3.83. The molecule has 104 valence electrons. The fraction of sp³-hybridized carbons (Fsp3) is 0.556. The van der Waals surface area contributed by atoms with Crippen LogP contribution in [0.5, 0.6) is 0 Å². The molecule has 1 aliphatic heterocycles. The van der Waals surface area contributed by atoms with Crippen LogP contribution in [-0.4, -0.2) is 27.5 Å². The fourth-order valence-corrected chi connectivity index (χ4v) is 5.19. The highest BCUT2D eigenvalue weighted by Gasteiger charge is 2.25. The van der Waals surface area contributed by atoms with Crippen LogP contribution in [0.1, 0.15) is 12.8 Å². The van der Waals surface area contributed by atoms with Crippen LogP contribution in [0.2, 0.25) is 8.67 Å². The lowest BCUT2D eigenvalue weighted by molar-refractivity contribution is 0.427. The van der Waals surface area contributed by atoms with E-state index in [1.165, 1.54) is 6.07 Å². The van der Waals surface area contributed by atoms with E-state index in [2.05, 4.69) is 10.0 Å². The number of rotatable bonds is 3. The molecule has 2 N–H and O–H groups in total. The summed E-state index contributed by atoms with van der Waals surface area (Å²) in [4.78, 5) is 0.0766. The minimum absolute atomic E-state index is 0. The summed E-state index contributed by atoms with van der Waals surface area (Å²) in [6.07, 6.45) is 1.57. The number of hydrogen-bond donors (Lipinski definition) is 2. The largest absolute Gasteiger partial charge is 0.317 e. The third-order valence-electron chi connectivity index (χ3n) is 2.58. The highest BCUT2D eigenvalue weighted by Crippen LogP contribution is 2.34. The summed E-state index contributed by atoms with van der Waals surface area (Å²) in [7, 11) is -3.55. The van der Waals surface area contributed by atoms with Gasteiger partial charge in [0.25, 0.3) is 0 Å². The number of halogens is 3. The first-order valence-electron chi connectivity index (χ1n) is 5.17. The first-order chi connectivity index (χ1) is 7.99. The highest BCUT2D eigenvalue weighted by molar-refractivity contribution is 7.89. The van der Waals surface area contributed by atoms with E-state index in [1.54, 1.807) is 0 Å². The minimum Gasteiger partial charge on any atom is -0.317 e. The zero-order chi connectivity index (χ0) is 12.5. The molecule has 0 saturated carbocycles. The van der Waals surface area contributed by atoms with Crippen LogP contribution in [0.4, 0.5) is 0 Å². The Labute approximate surface area is 127 Å². The second-order valence-corrected chi connectivity index (χ2v) is 7.80. The van der Waals surface area contributed by atoms with Gasteiger partial charge < -0.3 is 5.32 Å². The summed E-state index contributed by atoms with van der Waals surface area (Å²) in [5.74, 6) is 0. The predicted molar refractivity (Wildman–Crippen MR) is 77.8 cm³/mol. The van der Waals surface area contributed by atoms with E-state index < -0.39 is 10.0 Å². The van der Waals surface area contributed by atoms with Gasteiger partial charge in [-0.25, -0.2) is 13.1 Å². The lowest BCUT2D eigenvalue weighted by Crippen LogP contribution is -2.42. The van der Waals surface area contributed by atoms with Crippen LogP contribution in [-0.2, 0) is 10.0 Å². The average Bonchev–Trinajstić information content (AvgIpc) is 2.59. The van der Waals surface area contributed by atoms with Gasteiger partial charge in [-0.2, -0.15) is 0 Å². The van der Waals surface area contributed by atoms with Gasteiger partial charge in [0.2, 0.25) is 10.0 Å². The second kappa shape index (κ2) is 6.74. The Bertz CT molecular complexity index is 498. The van der Waals surface area contributed by atoms with Crippen LogP contribution in [0.25, 0.3) is 0 Å². The minimum atomic E-state index is -3.55. The molecule has 0 atom stereocenters. The molecule has 0 spiro atoms. The van der Waals surface area contributed by atoms with Gasteiger partial charge in [0, 0.05) is 6.04 Å². The van der Waals surface area contributed by atoms with E-state index in [9.17, 15) is 8.42 Å². The Kier molecular flexibility index (Phi) is 6.18. The normalized spacial score (nSPS) is 17.4. The average molecular weight is 352 g/mol. The number of sulfonamides is 1. The maximum absolute atomic E-state index is 12.1. The van der Waals surface area contributed by atoms with Gasteiger partial charge in [-0.05, 0) is 32.0 Å². The molecule has 18 heavy (non-hydrogen) atoms. The summed E-state index contributed by atoms with van der Waals surface area (Å²) in [6, 6.07) is 1.36. The zero-order valence-electron chi connectivity index (χ0n) is 9.28. The Hall–Kier alpha value is 0.440. The Morgan fingerprint density at radius 1 is 1.33 bits per heavy atom. The van der Waals surface area contributed by atoms with Crippen molar-refractivity contribution in [3.8, 4) is 0 Å². The third-order valence-corrected chi connectivity index (χ3v) is 5.85. The molecule has 1 aromatic rings. The predicted octanol–water partition coefficient (Wildman–Crippen LogP) is 2.51. The van der Waals surface area contributed by atoms with Crippen molar-refractivity contribution in [3.05, 3.63) is 14.7 Å². The molecule has 0 aliphatic carbocycles.